The molecule has 1 aliphatic rings. The number of hydrogen-bond donors (Lipinski definition) is 1. The minimum absolute atomic E-state index is 0.0400. The van der Waals surface area contributed by atoms with Gasteiger partial charge in [-0.2, -0.15) is 5.10 Å². The smallest absolute Gasteiger partial charge is 0.409 e. The lowest BCUT2D eigenvalue weighted by Crippen LogP contribution is -2.40. The number of thiazole rings is 1. The van der Waals surface area contributed by atoms with Crippen molar-refractivity contribution >= 4 is 49.8 Å². The van der Waals surface area contributed by atoms with E-state index in [0.717, 1.165) is 37.5 Å². The molecule has 0 atom stereocenters. The van der Waals surface area contributed by atoms with Crippen molar-refractivity contribution in [2.75, 3.05) is 20.2 Å². The molecule has 1 aliphatic heterocycles. The Kier molecular flexibility index (Phi) is 4.43. The molecule has 0 spiro atoms. The molecule has 6 rings (SSSR count). The number of ether oxygens (including phenoxy) is 1. The number of hydrogen-bond acceptors (Lipinski definition) is 8. The van der Waals surface area contributed by atoms with Gasteiger partial charge in [0.05, 0.1) is 25.0 Å². The predicted octanol–water partition coefficient (Wildman–Crippen LogP) is 2.69. The molecule has 0 aromatic carbocycles. The van der Waals surface area contributed by atoms with Crippen LogP contribution in [0.4, 0.5) is 4.79 Å². The lowest BCUT2D eigenvalue weighted by molar-refractivity contribution is 0.107. The van der Waals surface area contributed by atoms with E-state index in [1.165, 1.54) is 18.4 Å². The minimum atomic E-state index is -0.336. The molecule has 1 amide bonds. The van der Waals surface area contributed by atoms with Crippen LogP contribution in [0.1, 0.15) is 18.9 Å². The van der Waals surface area contributed by atoms with Crippen LogP contribution in [0.3, 0.4) is 0 Å². The number of nitrogens with one attached hydrogen (secondary N) is 1. The van der Waals surface area contributed by atoms with Gasteiger partial charge in [-0.1, -0.05) is 11.3 Å². The van der Waals surface area contributed by atoms with Gasteiger partial charge in [0.2, 0.25) is 0 Å². The second-order valence-electron chi connectivity index (χ2n) is 8.10. The molecule has 6 heterocycles. The van der Waals surface area contributed by atoms with Crippen LogP contribution in [0.5, 0.6) is 0 Å². The molecule has 0 bridgehead atoms. The lowest BCUT2D eigenvalue weighted by atomic mass is 10.1. The van der Waals surface area contributed by atoms with Crippen LogP contribution in [0.2, 0.25) is 0 Å². The summed E-state index contributed by atoms with van der Waals surface area (Å²) in [4.78, 5) is 41.4. The number of carbonyl (C=O) groups excluding carboxylic acids is 1. The van der Waals surface area contributed by atoms with Crippen LogP contribution < -0.4 is 5.69 Å². The zero-order valence-corrected chi connectivity index (χ0v) is 18.8. The molecule has 11 nitrogen and oxygen atoms in total. The van der Waals surface area contributed by atoms with Gasteiger partial charge in [0.25, 0.3) is 0 Å². The summed E-state index contributed by atoms with van der Waals surface area (Å²) in [5.74, 6) is 0. The van der Waals surface area contributed by atoms with Crippen LogP contribution in [-0.2, 0) is 11.8 Å². The van der Waals surface area contributed by atoms with Crippen LogP contribution in [0, 0.1) is 0 Å². The van der Waals surface area contributed by atoms with Crippen molar-refractivity contribution in [2.24, 2.45) is 7.05 Å². The Labute approximate surface area is 190 Å². The average molecular weight is 465 g/mol. The van der Waals surface area contributed by atoms with E-state index < -0.39 is 0 Å². The number of carbonyl (C=O) groups is 1. The Hall–Kier alpha value is -3.80. The summed E-state index contributed by atoms with van der Waals surface area (Å²) >= 11 is 1.47. The highest BCUT2D eigenvalue weighted by atomic mass is 32.1. The number of imidazole rings is 1. The van der Waals surface area contributed by atoms with Gasteiger partial charge in [0, 0.05) is 43.3 Å². The van der Waals surface area contributed by atoms with E-state index in [0.29, 0.717) is 31.4 Å². The number of methoxy groups -OCH3 is 1. The molecule has 33 heavy (non-hydrogen) atoms. The molecule has 5 aromatic rings. The Morgan fingerprint density at radius 3 is 2.82 bits per heavy atom. The fourth-order valence-electron chi connectivity index (χ4n) is 4.55. The Balaban J connectivity index is 1.47. The first-order valence-corrected chi connectivity index (χ1v) is 11.4. The van der Waals surface area contributed by atoms with Crippen LogP contribution in [0.25, 0.3) is 43.0 Å². The number of rotatable bonds is 2. The van der Waals surface area contributed by atoms with E-state index >= 15 is 0 Å². The summed E-state index contributed by atoms with van der Waals surface area (Å²) in [6, 6.07) is 1.95. The highest BCUT2D eigenvalue weighted by Crippen LogP contribution is 2.35. The molecule has 0 radical (unpaired) electrons. The summed E-state index contributed by atoms with van der Waals surface area (Å²) in [6.45, 7) is 1.07. The molecule has 0 unspecified atom stereocenters. The maximum Gasteiger partial charge on any atom is 0.409 e. The summed E-state index contributed by atoms with van der Waals surface area (Å²) in [7, 11) is 3.13. The number of aromatic amines is 1. The molecule has 0 aliphatic carbocycles. The SMILES string of the molecule is COC(=O)N1CCC(n2c(=O)n(C)c3cnc4sc(-c5cnc6[nH]ncc6c5)nc4c32)CC1. The van der Waals surface area contributed by atoms with Crippen molar-refractivity contribution in [3.8, 4) is 10.6 Å². The minimum Gasteiger partial charge on any atom is -0.453 e. The summed E-state index contributed by atoms with van der Waals surface area (Å²) in [5, 5.41) is 8.56. The molecule has 12 heteroatoms. The first-order chi connectivity index (χ1) is 16.0. The molecule has 1 saturated heterocycles. The standard InChI is InChI=1S/C21H20N8O3S/c1-27-14-10-23-19-15(25-18(33-19)12-7-11-9-24-26-17(11)22-8-12)16(14)29(20(27)30)13-3-5-28(6-4-13)21(31)32-2/h7-10,13H,3-6H2,1-2H3,(H,22,24,26). The monoisotopic (exact) mass is 464 g/mol. The van der Waals surface area contributed by atoms with E-state index in [-0.39, 0.29) is 17.8 Å². The topological polar surface area (TPSA) is 124 Å². The molecular formula is C21H20N8O3S. The summed E-state index contributed by atoms with van der Waals surface area (Å²) in [6.07, 6.45) is 6.21. The van der Waals surface area contributed by atoms with E-state index in [2.05, 4.69) is 20.2 Å². The molecule has 0 saturated carbocycles. The number of aromatic nitrogens is 7. The van der Waals surface area contributed by atoms with Crippen molar-refractivity contribution in [3.63, 3.8) is 0 Å². The van der Waals surface area contributed by atoms with Gasteiger partial charge in [0.15, 0.2) is 5.65 Å². The van der Waals surface area contributed by atoms with E-state index in [1.54, 1.807) is 35.1 Å². The van der Waals surface area contributed by atoms with E-state index in [4.69, 9.17) is 9.72 Å². The highest BCUT2D eigenvalue weighted by molar-refractivity contribution is 7.21. The van der Waals surface area contributed by atoms with Gasteiger partial charge >= 0.3 is 11.8 Å². The second-order valence-corrected chi connectivity index (χ2v) is 9.07. The van der Waals surface area contributed by atoms with Gasteiger partial charge in [-0.15, -0.1) is 0 Å². The number of likely N-dealkylation sites (tertiary alicyclic amines) is 1. The summed E-state index contributed by atoms with van der Waals surface area (Å²) < 4.78 is 8.29. The van der Waals surface area contributed by atoms with E-state index in [9.17, 15) is 9.59 Å². The third kappa shape index (κ3) is 3.01. The number of pyridine rings is 2. The third-order valence-electron chi connectivity index (χ3n) is 6.28. The fraction of sp³-hybridized carbons (Fsp3) is 0.333. The number of nitrogens with zero attached hydrogens (tertiary/aromatic N) is 7. The lowest BCUT2D eigenvalue weighted by Gasteiger charge is -2.31. The number of fused-ring (bicyclic) bond motifs is 4. The Morgan fingerprint density at radius 2 is 2.03 bits per heavy atom. The fourth-order valence-corrected chi connectivity index (χ4v) is 5.44. The van der Waals surface area contributed by atoms with Crippen molar-refractivity contribution in [3.05, 3.63) is 35.1 Å². The van der Waals surface area contributed by atoms with Gasteiger partial charge in [-0.3, -0.25) is 14.2 Å². The van der Waals surface area contributed by atoms with Gasteiger partial charge in [-0.25, -0.2) is 24.5 Å². The zero-order chi connectivity index (χ0) is 22.7. The number of amides is 1. The van der Waals surface area contributed by atoms with Gasteiger partial charge < -0.3 is 9.64 Å². The number of H-pyrrole nitrogens is 1. The Morgan fingerprint density at radius 1 is 1.21 bits per heavy atom. The van der Waals surface area contributed by atoms with Crippen molar-refractivity contribution in [1.82, 2.24) is 39.2 Å². The molecule has 5 aromatic heterocycles. The van der Waals surface area contributed by atoms with E-state index in [1.807, 2.05) is 10.6 Å². The number of aryl methyl sites for hydroxylation is 1. The molecule has 168 valence electrons. The van der Waals surface area contributed by atoms with Crippen molar-refractivity contribution in [2.45, 2.75) is 18.9 Å². The first-order valence-electron chi connectivity index (χ1n) is 10.5. The van der Waals surface area contributed by atoms with Gasteiger partial charge in [0.1, 0.15) is 20.9 Å². The Bertz CT molecular complexity index is 1590. The van der Waals surface area contributed by atoms with Gasteiger partial charge in [-0.05, 0) is 18.9 Å². The molecule has 1 fully saturated rings. The quantitative estimate of drug-likeness (QED) is 0.426. The largest absolute Gasteiger partial charge is 0.453 e. The third-order valence-corrected chi connectivity index (χ3v) is 7.29. The van der Waals surface area contributed by atoms with Crippen LogP contribution in [0.15, 0.2) is 29.5 Å². The maximum atomic E-state index is 13.2. The highest BCUT2D eigenvalue weighted by Gasteiger charge is 2.29. The number of piperidine rings is 1. The zero-order valence-electron chi connectivity index (χ0n) is 18.0. The van der Waals surface area contributed by atoms with Crippen molar-refractivity contribution in [1.29, 1.82) is 0 Å². The molecular weight excluding hydrogens is 444 g/mol. The normalized spacial score (nSPS) is 15.2. The maximum absolute atomic E-state index is 13.2. The first kappa shape index (κ1) is 19.9. The van der Waals surface area contributed by atoms with Crippen molar-refractivity contribution < 1.29 is 9.53 Å². The predicted molar refractivity (Wildman–Crippen MR) is 123 cm³/mol. The average Bonchev–Trinajstić information content (AvgIpc) is 3.55. The van der Waals surface area contributed by atoms with Crippen LogP contribution >= 0.6 is 11.3 Å². The second kappa shape index (κ2) is 7.37. The van der Waals surface area contributed by atoms with Crippen LogP contribution in [-0.4, -0.2) is 65.5 Å². The summed E-state index contributed by atoms with van der Waals surface area (Å²) in [5.41, 5.74) is 3.71. The molecule has 1 N–H and O–H groups in total.